The summed E-state index contributed by atoms with van der Waals surface area (Å²) in [5.41, 5.74) is 1.25. The van der Waals surface area contributed by atoms with Crippen molar-refractivity contribution < 1.29 is 9.18 Å². The van der Waals surface area contributed by atoms with Crippen LogP contribution in [0.15, 0.2) is 42.5 Å². The summed E-state index contributed by atoms with van der Waals surface area (Å²) < 4.78 is 14.0. The van der Waals surface area contributed by atoms with Gasteiger partial charge in [0.2, 0.25) is 0 Å². The van der Waals surface area contributed by atoms with Crippen molar-refractivity contribution in [3.63, 3.8) is 0 Å². The molecule has 5 heteroatoms. The smallest absolute Gasteiger partial charge is 0.267 e. The van der Waals surface area contributed by atoms with Crippen molar-refractivity contribution >= 4 is 44.6 Å². The molecule has 0 fully saturated rings. The number of carbonyl (C=O) groups excluding carboxylic acids is 1. The van der Waals surface area contributed by atoms with E-state index in [-0.39, 0.29) is 11.7 Å². The Balaban J connectivity index is 1.95. The number of benzene rings is 2. The summed E-state index contributed by atoms with van der Waals surface area (Å²) in [4.78, 5) is 12.8. The molecule has 2 aromatic carbocycles. The Morgan fingerprint density at radius 1 is 1.24 bits per heavy atom. The molecule has 2 nitrogen and oxygen atoms in total. The first-order chi connectivity index (χ1) is 10.1. The summed E-state index contributed by atoms with van der Waals surface area (Å²) >= 11 is 7.62. The molecule has 0 bridgehead atoms. The number of carbonyl (C=O) groups is 1. The first kappa shape index (κ1) is 14.0. The van der Waals surface area contributed by atoms with Crippen LogP contribution in [0, 0.1) is 12.7 Å². The fourth-order valence-electron chi connectivity index (χ4n) is 2.11. The van der Waals surface area contributed by atoms with Crippen LogP contribution < -0.4 is 5.32 Å². The van der Waals surface area contributed by atoms with Crippen LogP contribution in [-0.4, -0.2) is 5.91 Å². The Kier molecular flexibility index (Phi) is 3.66. The van der Waals surface area contributed by atoms with E-state index in [1.165, 1.54) is 23.5 Å². The number of thiophene rings is 1. The Labute approximate surface area is 130 Å². The molecule has 0 aliphatic rings. The van der Waals surface area contributed by atoms with Crippen molar-refractivity contribution in [3.05, 3.63) is 63.7 Å². The maximum Gasteiger partial charge on any atom is 0.267 e. The average Bonchev–Trinajstić information content (AvgIpc) is 2.80. The van der Waals surface area contributed by atoms with Crippen molar-refractivity contribution in [2.24, 2.45) is 0 Å². The second-order valence-corrected chi connectivity index (χ2v) is 6.08. The highest BCUT2D eigenvalue weighted by Crippen LogP contribution is 2.35. The van der Waals surface area contributed by atoms with E-state index >= 15 is 0 Å². The van der Waals surface area contributed by atoms with Gasteiger partial charge in [-0.3, -0.25) is 4.79 Å². The fraction of sp³-hybridized carbons (Fsp3) is 0.0625. The van der Waals surface area contributed by atoms with E-state index in [4.69, 9.17) is 11.6 Å². The number of fused-ring (bicyclic) bond motifs is 1. The quantitative estimate of drug-likeness (QED) is 0.686. The second-order valence-electron chi connectivity index (χ2n) is 4.65. The third-order valence-electron chi connectivity index (χ3n) is 3.18. The summed E-state index contributed by atoms with van der Waals surface area (Å²) in [5, 5.41) is 4.09. The molecule has 0 saturated heterocycles. The SMILES string of the molecule is Cc1cc(F)ccc1NC(=O)c1sc2ccccc2c1Cl. The molecule has 21 heavy (non-hydrogen) atoms. The van der Waals surface area contributed by atoms with Gasteiger partial charge in [-0.25, -0.2) is 4.39 Å². The maximum absolute atomic E-state index is 13.1. The molecule has 0 saturated carbocycles. The molecule has 0 atom stereocenters. The van der Waals surface area contributed by atoms with Crippen molar-refractivity contribution in [2.75, 3.05) is 5.32 Å². The number of rotatable bonds is 2. The molecule has 3 aromatic rings. The van der Waals surface area contributed by atoms with E-state index in [0.717, 1.165) is 10.1 Å². The number of aryl methyl sites for hydroxylation is 1. The zero-order valence-corrected chi connectivity index (χ0v) is 12.7. The molecule has 0 spiro atoms. The van der Waals surface area contributed by atoms with Crippen LogP contribution in [-0.2, 0) is 0 Å². The second kappa shape index (κ2) is 5.47. The van der Waals surface area contributed by atoms with Gasteiger partial charge in [-0.1, -0.05) is 29.8 Å². The van der Waals surface area contributed by atoms with Crippen LogP contribution in [0.2, 0.25) is 5.02 Å². The number of amides is 1. The molecule has 106 valence electrons. The van der Waals surface area contributed by atoms with E-state index in [1.807, 2.05) is 24.3 Å². The summed E-state index contributed by atoms with van der Waals surface area (Å²) in [6.07, 6.45) is 0. The van der Waals surface area contributed by atoms with Crippen LogP contribution in [0.5, 0.6) is 0 Å². The summed E-state index contributed by atoms with van der Waals surface area (Å²) in [7, 11) is 0. The number of anilines is 1. The zero-order valence-electron chi connectivity index (χ0n) is 11.1. The highest BCUT2D eigenvalue weighted by Gasteiger charge is 2.17. The predicted molar refractivity (Wildman–Crippen MR) is 85.9 cm³/mol. The van der Waals surface area contributed by atoms with E-state index < -0.39 is 0 Å². The van der Waals surface area contributed by atoms with Crippen LogP contribution in [0.4, 0.5) is 10.1 Å². The number of hydrogen-bond acceptors (Lipinski definition) is 2. The molecule has 0 unspecified atom stereocenters. The standard InChI is InChI=1S/C16H11ClFNOS/c1-9-8-10(18)6-7-12(9)19-16(20)15-14(17)11-4-2-3-5-13(11)21-15/h2-8H,1H3,(H,19,20). The van der Waals surface area contributed by atoms with Gasteiger partial charge in [0, 0.05) is 15.8 Å². The highest BCUT2D eigenvalue weighted by atomic mass is 35.5. The molecule has 0 radical (unpaired) electrons. The third kappa shape index (κ3) is 2.64. The van der Waals surface area contributed by atoms with Gasteiger partial charge in [0.25, 0.3) is 5.91 Å². The molecule has 0 aliphatic heterocycles. The van der Waals surface area contributed by atoms with Crippen LogP contribution in [0.3, 0.4) is 0 Å². The van der Waals surface area contributed by atoms with E-state index in [0.29, 0.717) is 21.2 Å². The van der Waals surface area contributed by atoms with Gasteiger partial charge in [-0.05, 0) is 36.8 Å². The van der Waals surface area contributed by atoms with Gasteiger partial charge in [0.05, 0.1) is 5.02 Å². The lowest BCUT2D eigenvalue weighted by molar-refractivity contribution is 0.103. The minimum atomic E-state index is -0.328. The number of hydrogen-bond donors (Lipinski definition) is 1. The highest BCUT2D eigenvalue weighted by molar-refractivity contribution is 7.21. The largest absolute Gasteiger partial charge is 0.321 e. The lowest BCUT2D eigenvalue weighted by Gasteiger charge is -2.07. The van der Waals surface area contributed by atoms with Gasteiger partial charge in [0.1, 0.15) is 10.7 Å². The Hall–Kier alpha value is -1.91. The first-order valence-corrected chi connectivity index (χ1v) is 7.50. The predicted octanol–water partition coefficient (Wildman–Crippen LogP) is 5.25. The van der Waals surface area contributed by atoms with E-state index in [1.54, 1.807) is 13.0 Å². The maximum atomic E-state index is 13.1. The van der Waals surface area contributed by atoms with Crippen LogP contribution in [0.1, 0.15) is 15.2 Å². The van der Waals surface area contributed by atoms with Crippen molar-refractivity contribution in [1.82, 2.24) is 0 Å². The Morgan fingerprint density at radius 2 is 2.00 bits per heavy atom. The summed E-state index contributed by atoms with van der Waals surface area (Å²) in [5.74, 6) is -0.610. The topological polar surface area (TPSA) is 29.1 Å². The van der Waals surface area contributed by atoms with Gasteiger partial charge in [0.15, 0.2) is 0 Å². The summed E-state index contributed by atoms with van der Waals surface area (Å²) in [6, 6.07) is 11.8. The lowest BCUT2D eigenvalue weighted by atomic mass is 10.2. The first-order valence-electron chi connectivity index (χ1n) is 6.31. The Morgan fingerprint density at radius 3 is 2.71 bits per heavy atom. The number of halogens is 2. The van der Waals surface area contributed by atoms with E-state index in [2.05, 4.69) is 5.32 Å². The normalized spacial score (nSPS) is 10.8. The van der Waals surface area contributed by atoms with Gasteiger partial charge in [-0.2, -0.15) is 0 Å². The third-order valence-corrected chi connectivity index (χ3v) is 4.85. The van der Waals surface area contributed by atoms with Gasteiger partial charge in [-0.15, -0.1) is 11.3 Å². The summed E-state index contributed by atoms with van der Waals surface area (Å²) in [6.45, 7) is 1.74. The molecule has 1 aromatic heterocycles. The zero-order chi connectivity index (χ0) is 15.0. The number of nitrogens with one attached hydrogen (secondary N) is 1. The lowest BCUT2D eigenvalue weighted by Crippen LogP contribution is -2.11. The molecule has 0 aliphatic carbocycles. The van der Waals surface area contributed by atoms with Gasteiger partial charge >= 0.3 is 0 Å². The molecular formula is C16H11ClFNOS. The molecule has 1 heterocycles. The average molecular weight is 320 g/mol. The molecule has 3 rings (SSSR count). The fourth-order valence-corrected chi connectivity index (χ4v) is 3.52. The molecule has 1 N–H and O–H groups in total. The monoisotopic (exact) mass is 319 g/mol. The van der Waals surface area contributed by atoms with Crippen molar-refractivity contribution in [1.29, 1.82) is 0 Å². The Bertz CT molecular complexity index is 843. The molecular weight excluding hydrogens is 309 g/mol. The van der Waals surface area contributed by atoms with E-state index in [9.17, 15) is 9.18 Å². The minimum absolute atomic E-state index is 0.282. The van der Waals surface area contributed by atoms with Crippen molar-refractivity contribution in [3.8, 4) is 0 Å². The minimum Gasteiger partial charge on any atom is -0.321 e. The van der Waals surface area contributed by atoms with Gasteiger partial charge < -0.3 is 5.32 Å². The molecule has 1 amide bonds. The van der Waals surface area contributed by atoms with Crippen LogP contribution in [0.25, 0.3) is 10.1 Å². The van der Waals surface area contributed by atoms with Crippen molar-refractivity contribution in [2.45, 2.75) is 6.92 Å². The van der Waals surface area contributed by atoms with Crippen LogP contribution >= 0.6 is 22.9 Å².